The molecular formula is C15H18BrN3O2. The third-order valence-electron chi connectivity index (χ3n) is 3.30. The number of nitrogens with zero attached hydrogens (tertiary/aromatic N) is 3. The number of aryl methyl sites for hydroxylation is 2. The Balaban J connectivity index is 2.08. The topological polar surface area (TPSA) is 59.6 Å². The third kappa shape index (κ3) is 3.44. The molecule has 0 radical (unpaired) electrons. The van der Waals surface area contributed by atoms with Gasteiger partial charge >= 0.3 is 0 Å². The summed E-state index contributed by atoms with van der Waals surface area (Å²) in [5.41, 5.74) is 3.47. The van der Waals surface area contributed by atoms with Crippen molar-refractivity contribution < 1.29 is 9.94 Å². The van der Waals surface area contributed by atoms with Crippen LogP contribution in [0, 0.1) is 0 Å². The number of hydrogen-bond acceptors (Lipinski definition) is 4. The van der Waals surface area contributed by atoms with Crippen molar-refractivity contribution >= 4 is 21.6 Å². The van der Waals surface area contributed by atoms with Crippen molar-refractivity contribution in [2.24, 2.45) is 12.2 Å². The molecule has 0 saturated heterocycles. The van der Waals surface area contributed by atoms with Crippen LogP contribution in [0.2, 0.25) is 0 Å². The normalized spacial score (nSPS) is 11.7. The van der Waals surface area contributed by atoms with Gasteiger partial charge in [-0.3, -0.25) is 4.68 Å². The van der Waals surface area contributed by atoms with Crippen molar-refractivity contribution in [1.82, 2.24) is 9.78 Å². The SMILES string of the molecule is CCc1nn(C)c(COc2ccc(C(C)=NO)cc2)c1Br. The highest BCUT2D eigenvalue weighted by atomic mass is 79.9. The molecule has 1 aromatic heterocycles. The Labute approximate surface area is 132 Å². The van der Waals surface area contributed by atoms with E-state index >= 15 is 0 Å². The van der Waals surface area contributed by atoms with Crippen LogP contribution < -0.4 is 4.74 Å². The molecule has 0 saturated carbocycles. The standard InChI is InChI=1S/C15H18BrN3O2/c1-4-13-15(16)14(19(3)17-13)9-21-12-7-5-11(6-8-12)10(2)18-20/h5-8,20H,4,9H2,1-3H3. The molecule has 2 aromatic rings. The summed E-state index contributed by atoms with van der Waals surface area (Å²) in [6.45, 7) is 4.26. The summed E-state index contributed by atoms with van der Waals surface area (Å²) >= 11 is 3.57. The van der Waals surface area contributed by atoms with Crippen LogP contribution in [-0.4, -0.2) is 20.7 Å². The molecular weight excluding hydrogens is 334 g/mol. The summed E-state index contributed by atoms with van der Waals surface area (Å²) < 4.78 is 8.63. The number of oxime groups is 1. The van der Waals surface area contributed by atoms with Crippen LogP contribution in [0.4, 0.5) is 0 Å². The van der Waals surface area contributed by atoms with Gasteiger partial charge in [0.25, 0.3) is 0 Å². The fourth-order valence-corrected chi connectivity index (χ4v) is 2.71. The van der Waals surface area contributed by atoms with Gasteiger partial charge < -0.3 is 9.94 Å². The van der Waals surface area contributed by atoms with Crippen LogP contribution in [-0.2, 0) is 20.1 Å². The van der Waals surface area contributed by atoms with Crippen molar-refractivity contribution in [1.29, 1.82) is 0 Å². The van der Waals surface area contributed by atoms with Crippen molar-refractivity contribution in [2.75, 3.05) is 0 Å². The minimum Gasteiger partial charge on any atom is -0.487 e. The maximum atomic E-state index is 8.74. The van der Waals surface area contributed by atoms with Crippen LogP contribution in [0.1, 0.15) is 30.8 Å². The van der Waals surface area contributed by atoms with E-state index < -0.39 is 0 Å². The second kappa shape index (κ2) is 6.76. The van der Waals surface area contributed by atoms with Crippen molar-refractivity contribution in [3.63, 3.8) is 0 Å². The molecule has 1 heterocycles. The van der Waals surface area contributed by atoms with Crippen molar-refractivity contribution in [3.05, 3.63) is 45.7 Å². The smallest absolute Gasteiger partial charge is 0.131 e. The molecule has 0 aliphatic carbocycles. The molecule has 0 amide bonds. The number of rotatable bonds is 5. The fourth-order valence-electron chi connectivity index (χ4n) is 1.98. The first-order valence-electron chi connectivity index (χ1n) is 6.69. The molecule has 0 spiro atoms. The molecule has 0 atom stereocenters. The number of hydrogen-bond donors (Lipinski definition) is 1. The lowest BCUT2D eigenvalue weighted by Gasteiger charge is -2.08. The summed E-state index contributed by atoms with van der Waals surface area (Å²) in [7, 11) is 1.91. The summed E-state index contributed by atoms with van der Waals surface area (Å²) in [5, 5.41) is 16.3. The zero-order valence-corrected chi connectivity index (χ0v) is 13.9. The Morgan fingerprint density at radius 2 is 2.05 bits per heavy atom. The first kappa shape index (κ1) is 15.6. The van der Waals surface area contributed by atoms with Gasteiger partial charge in [-0.25, -0.2) is 0 Å². The molecule has 0 aliphatic rings. The van der Waals surface area contributed by atoms with Gasteiger partial charge in [0.2, 0.25) is 0 Å². The quantitative estimate of drug-likeness (QED) is 0.509. The van der Waals surface area contributed by atoms with E-state index in [2.05, 4.69) is 33.1 Å². The average Bonchev–Trinajstić information content (AvgIpc) is 2.79. The predicted molar refractivity (Wildman–Crippen MR) is 85.1 cm³/mol. The molecule has 2 rings (SSSR count). The summed E-state index contributed by atoms with van der Waals surface area (Å²) in [4.78, 5) is 0. The van der Waals surface area contributed by atoms with Gasteiger partial charge in [0.05, 0.1) is 21.6 Å². The van der Waals surface area contributed by atoms with Crippen LogP contribution in [0.3, 0.4) is 0 Å². The van der Waals surface area contributed by atoms with Crippen LogP contribution in [0.25, 0.3) is 0 Å². The highest BCUT2D eigenvalue weighted by Crippen LogP contribution is 2.23. The number of benzene rings is 1. The first-order chi connectivity index (χ1) is 10.1. The maximum Gasteiger partial charge on any atom is 0.131 e. The molecule has 1 aromatic carbocycles. The minimum atomic E-state index is 0.441. The second-order valence-electron chi connectivity index (χ2n) is 4.68. The molecule has 0 bridgehead atoms. The Hall–Kier alpha value is -1.82. The van der Waals surface area contributed by atoms with Crippen LogP contribution in [0.5, 0.6) is 5.75 Å². The first-order valence-corrected chi connectivity index (χ1v) is 7.48. The molecule has 1 N–H and O–H groups in total. The average molecular weight is 352 g/mol. The van der Waals surface area contributed by atoms with E-state index in [1.54, 1.807) is 6.92 Å². The van der Waals surface area contributed by atoms with Gasteiger partial charge in [0.1, 0.15) is 12.4 Å². The summed E-state index contributed by atoms with van der Waals surface area (Å²) in [6, 6.07) is 7.43. The minimum absolute atomic E-state index is 0.441. The number of ether oxygens (including phenoxy) is 1. The van der Waals surface area contributed by atoms with E-state index in [0.29, 0.717) is 12.3 Å². The second-order valence-corrected chi connectivity index (χ2v) is 5.48. The molecule has 0 fully saturated rings. The Morgan fingerprint density at radius 1 is 1.38 bits per heavy atom. The Bertz CT molecular complexity index is 648. The third-order valence-corrected chi connectivity index (χ3v) is 4.22. The Morgan fingerprint density at radius 3 is 2.57 bits per heavy atom. The van der Waals surface area contributed by atoms with Crippen molar-refractivity contribution in [2.45, 2.75) is 26.9 Å². The van der Waals surface area contributed by atoms with E-state index in [4.69, 9.17) is 9.94 Å². The molecule has 21 heavy (non-hydrogen) atoms. The highest BCUT2D eigenvalue weighted by molar-refractivity contribution is 9.10. The van der Waals surface area contributed by atoms with Crippen molar-refractivity contribution in [3.8, 4) is 5.75 Å². The predicted octanol–water partition coefficient (Wildman–Crippen LogP) is 3.52. The molecule has 6 heteroatoms. The largest absolute Gasteiger partial charge is 0.487 e. The zero-order valence-electron chi connectivity index (χ0n) is 12.3. The number of halogens is 1. The van der Waals surface area contributed by atoms with Gasteiger partial charge in [-0.15, -0.1) is 0 Å². The lowest BCUT2D eigenvalue weighted by Crippen LogP contribution is -2.04. The lowest BCUT2D eigenvalue weighted by atomic mass is 10.1. The van der Waals surface area contributed by atoms with Gasteiger partial charge in [0, 0.05) is 7.05 Å². The van der Waals surface area contributed by atoms with Gasteiger partial charge in [-0.2, -0.15) is 5.10 Å². The van der Waals surface area contributed by atoms with Crippen LogP contribution in [0.15, 0.2) is 33.9 Å². The summed E-state index contributed by atoms with van der Waals surface area (Å²) in [5.74, 6) is 0.760. The maximum absolute atomic E-state index is 8.74. The molecule has 0 unspecified atom stereocenters. The lowest BCUT2D eigenvalue weighted by molar-refractivity contribution is 0.294. The molecule has 112 valence electrons. The fraction of sp³-hybridized carbons (Fsp3) is 0.333. The Kier molecular flexibility index (Phi) is 5.01. The van der Waals surface area contributed by atoms with E-state index in [9.17, 15) is 0 Å². The van der Waals surface area contributed by atoms with Gasteiger partial charge in [-0.1, -0.05) is 12.1 Å². The molecule has 0 aliphatic heterocycles. The highest BCUT2D eigenvalue weighted by Gasteiger charge is 2.12. The van der Waals surface area contributed by atoms with E-state index in [-0.39, 0.29) is 0 Å². The van der Waals surface area contributed by atoms with Gasteiger partial charge in [-0.05, 0) is 59.1 Å². The van der Waals surface area contributed by atoms with Gasteiger partial charge in [0.15, 0.2) is 0 Å². The monoisotopic (exact) mass is 351 g/mol. The van der Waals surface area contributed by atoms with E-state index in [0.717, 1.165) is 33.6 Å². The van der Waals surface area contributed by atoms with E-state index in [1.807, 2.05) is 36.0 Å². The van der Waals surface area contributed by atoms with Crippen LogP contribution >= 0.6 is 15.9 Å². The van der Waals surface area contributed by atoms with E-state index in [1.165, 1.54) is 0 Å². The zero-order chi connectivity index (χ0) is 15.4. The summed E-state index contributed by atoms with van der Waals surface area (Å²) in [6.07, 6.45) is 0.878. The molecule has 5 nitrogen and oxygen atoms in total. The number of aromatic nitrogens is 2.